The van der Waals surface area contributed by atoms with Gasteiger partial charge >= 0.3 is 5.97 Å². The topological polar surface area (TPSA) is 79.4 Å². The lowest BCUT2D eigenvalue weighted by atomic mass is 9.87. The molecule has 1 saturated heterocycles. The van der Waals surface area contributed by atoms with Crippen LogP contribution in [-0.2, 0) is 10.2 Å². The Morgan fingerprint density at radius 2 is 1.84 bits per heavy atom. The summed E-state index contributed by atoms with van der Waals surface area (Å²) in [6.07, 6.45) is 3.11. The second-order valence-electron chi connectivity index (χ2n) is 7.92. The van der Waals surface area contributed by atoms with E-state index in [4.69, 9.17) is 15.9 Å². The number of likely N-dealkylation sites (tertiary alicyclic amines) is 1. The highest BCUT2D eigenvalue weighted by molar-refractivity contribution is 5.79. The molecule has 0 aliphatic carbocycles. The molecule has 1 aromatic carbocycles. The molecule has 0 spiro atoms. The fraction of sp³-hybridized carbons (Fsp3) is 0.600. The molecule has 0 amide bonds. The molecule has 1 aromatic rings. The van der Waals surface area contributed by atoms with Gasteiger partial charge in [-0.1, -0.05) is 32.9 Å². The Morgan fingerprint density at radius 3 is 2.36 bits per heavy atom. The summed E-state index contributed by atoms with van der Waals surface area (Å²) >= 11 is 0. The minimum Gasteiger partial charge on any atom is -0.427 e. The Kier molecular flexibility index (Phi) is 6.59. The number of carbonyl (C=O) groups is 1. The minimum absolute atomic E-state index is 0.0956. The molecule has 138 valence electrons. The highest BCUT2D eigenvalue weighted by atomic mass is 16.5. The van der Waals surface area contributed by atoms with Gasteiger partial charge in [-0.15, -0.1) is 0 Å². The average molecular weight is 345 g/mol. The van der Waals surface area contributed by atoms with Crippen LogP contribution in [0.4, 0.5) is 0 Å². The Bertz CT molecular complexity index is 582. The van der Waals surface area contributed by atoms with Crippen molar-refractivity contribution in [3.8, 4) is 5.75 Å². The predicted octanol–water partition coefficient (Wildman–Crippen LogP) is 3.32. The number of hydrogen-bond acceptors (Lipinski definition) is 4. The summed E-state index contributed by atoms with van der Waals surface area (Å²) < 4.78 is 5.42. The number of carbonyl (C=O) groups excluding carboxylic acids is 1. The normalized spacial score (nSPS) is 16.6. The van der Waals surface area contributed by atoms with Crippen molar-refractivity contribution >= 4 is 11.8 Å². The van der Waals surface area contributed by atoms with Gasteiger partial charge in [-0.3, -0.25) is 10.2 Å². The molecule has 1 heterocycles. The molecule has 0 atom stereocenters. The Morgan fingerprint density at radius 1 is 1.24 bits per heavy atom. The standard InChI is InChI=1S/C20H31N3O2/c1-20(2,3)16-6-8-17(9-7-16)25-18(24)5-4-12-23-13-10-15(11-14-23)19(21)22/h6-9,15H,4-5,10-14H2,1-3H3,(H3,21,22). The predicted molar refractivity (Wildman–Crippen MR) is 101 cm³/mol. The lowest BCUT2D eigenvalue weighted by molar-refractivity contribution is -0.134. The van der Waals surface area contributed by atoms with Crippen LogP contribution in [0.15, 0.2) is 24.3 Å². The van der Waals surface area contributed by atoms with E-state index in [1.54, 1.807) is 0 Å². The molecule has 0 aromatic heterocycles. The van der Waals surface area contributed by atoms with Crippen molar-refractivity contribution in [3.63, 3.8) is 0 Å². The number of benzene rings is 1. The third kappa shape index (κ3) is 6.16. The summed E-state index contributed by atoms with van der Waals surface area (Å²) in [4.78, 5) is 14.3. The number of hydrogen-bond donors (Lipinski definition) is 2. The second-order valence-corrected chi connectivity index (χ2v) is 7.92. The van der Waals surface area contributed by atoms with Gasteiger partial charge in [-0.2, -0.15) is 0 Å². The van der Waals surface area contributed by atoms with E-state index in [1.165, 1.54) is 5.56 Å². The molecule has 0 radical (unpaired) electrons. The molecule has 0 unspecified atom stereocenters. The van der Waals surface area contributed by atoms with Crippen LogP contribution in [0.2, 0.25) is 0 Å². The molecule has 5 heteroatoms. The molecule has 3 N–H and O–H groups in total. The molecule has 2 rings (SSSR count). The smallest absolute Gasteiger partial charge is 0.311 e. The molecule has 5 nitrogen and oxygen atoms in total. The van der Waals surface area contributed by atoms with Crippen LogP contribution in [-0.4, -0.2) is 36.3 Å². The first-order chi connectivity index (χ1) is 11.8. The van der Waals surface area contributed by atoms with Gasteiger partial charge in [0.15, 0.2) is 0 Å². The van der Waals surface area contributed by atoms with Crippen molar-refractivity contribution in [1.82, 2.24) is 4.90 Å². The average Bonchev–Trinajstić information content (AvgIpc) is 2.55. The fourth-order valence-electron chi connectivity index (χ4n) is 3.12. The summed E-state index contributed by atoms with van der Waals surface area (Å²) in [7, 11) is 0. The molecule has 0 saturated carbocycles. The van der Waals surface area contributed by atoms with Gasteiger partial charge in [0.25, 0.3) is 0 Å². The third-order valence-corrected chi connectivity index (χ3v) is 4.83. The van der Waals surface area contributed by atoms with Crippen LogP contribution in [0.1, 0.15) is 52.0 Å². The molecular formula is C20H31N3O2. The zero-order valence-electron chi connectivity index (χ0n) is 15.7. The van der Waals surface area contributed by atoms with E-state index >= 15 is 0 Å². The Hall–Kier alpha value is -1.88. The van der Waals surface area contributed by atoms with Gasteiger partial charge in [0.05, 0.1) is 5.84 Å². The van der Waals surface area contributed by atoms with Gasteiger partial charge in [0.2, 0.25) is 0 Å². The van der Waals surface area contributed by atoms with E-state index in [9.17, 15) is 4.79 Å². The zero-order valence-corrected chi connectivity index (χ0v) is 15.7. The van der Waals surface area contributed by atoms with Crippen molar-refractivity contribution in [2.45, 2.75) is 51.9 Å². The highest BCUT2D eigenvalue weighted by Gasteiger charge is 2.21. The summed E-state index contributed by atoms with van der Waals surface area (Å²) in [5, 5.41) is 7.50. The van der Waals surface area contributed by atoms with E-state index in [0.29, 0.717) is 18.0 Å². The largest absolute Gasteiger partial charge is 0.427 e. The van der Waals surface area contributed by atoms with E-state index in [1.807, 2.05) is 24.3 Å². The monoisotopic (exact) mass is 345 g/mol. The van der Waals surface area contributed by atoms with Crippen LogP contribution in [0.3, 0.4) is 0 Å². The molecular weight excluding hydrogens is 314 g/mol. The zero-order chi connectivity index (χ0) is 18.4. The summed E-state index contributed by atoms with van der Waals surface area (Å²) in [5.74, 6) is 0.973. The number of rotatable bonds is 6. The van der Waals surface area contributed by atoms with Crippen molar-refractivity contribution in [1.29, 1.82) is 5.41 Å². The number of nitrogens with zero attached hydrogens (tertiary/aromatic N) is 1. The van der Waals surface area contributed by atoms with Gasteiger partial charge in [0, 0.05) is 12.3 Å². The SMILES string of the molecule is CC(C)(C)c1ccc(OC(=O)CCCN2CCC(C(=N)N)CC2)cc1. The third-order valence-electron chi connectivity index (χ3n) is 4.83. The molecule has 0 bridgehead atoms. The first kappa shape index (κ1) is 19.4. The molecule has 1 aliphatic heterocycles. The molecule has 1 fully saturated rings. The first-order valence-corrected chi connectivity index (χ1v) is 9.13. The fourth-order valence-corrected chi connectivity index (χ4v) is 3.12. The number of nitrogens with one attached hydrogen (secondary N) is 1. The minimum atomic E-state index is -0.179. The number of piperidine rings is 1. The van der Waals surface area contributed by atoms with E-state index < -0.39 is 0 Å². The summed E-state index contributed by atoms with van der Waals surface area (Å²) in [6.45, 7) is 9.28. The van der Waals surface area contributed by atoms with Gasteiger partial charge in [0.1, 0.15) is 5.75 Å². The van der Waals surface area contributed by atoms with Crippen LogP contribution < -0.4 is 10.5 Å². The number of esters is 1. The van der Waals surface area contributed by atoms with Gasteiger partial charge in [-0.25, -0.2) is 0 Å². The summed E-state index contributed by atoms with van der Waals surface area (Å²) in [6, 6.07) is 7.76. The summed E-state index contributed by atoms with van der Waals surface area (Å²) in [5.41, 5.74) is 6.88. The van der Waals surface area contributed by atoms with Crippen LogP contribution in [0, 0.1) is 11.3 Å². The second kappa shape index (κ2) is 8.48. The van der Waals surface area contributed by atoms with Crippen LogP contribution in [0.25, 0.3) is 0 Å². The van der Waals surface area contributed by atoms with Crippen LogP contribution in [0.5, 0.6) is 5.75 Å². The number of ether oxygens (including phenoxy) is 1. The molecule has 1 aliphatic rings. The van der Waals surface area contributed by atoms with E-state index in [2.05, 4.69) is 25.7 Å². The number of amidine groups is 1. The maximum atomic E-state index is 12.0. The first-order valence-electron chi connectivity index (χ1n) is 9.13. The van der Waals surface area contributed by atoms with E-state index in [-0.39, 0.29) is 17.3 Å². The Labute approximate surface area is 151 Å². The lowest BCUT2D eigenvalue weighted by Crippen LogP contribution is -2.38. The van der Waals surface area contributed by atoms with Gasteiger partial charge < -0.3 is 15.4 Å². The van der Waals surface area contributed by atoms with Gasteiger partial charge in [-0.05, 0) is 62.0 Å². The highest BCUT2D eigenvalue weighted by Crippen LogP contribution is 2.24. The Balaban J connectivity index is 1.68. The van der Waals surface area contributed by atoms with E-state index in [0.717, 1.165) is 38.9 Å². The van der Waals surface area contributed by atoms with Crippen molar-refractivity contribution in [2.75, 3.05) is 19.6 Å². The maximum absolute atomic E-state index is 12.0. The van der Waals surface area contributed by atoms with Crippen molar-refractivity contribution in [2.24, 2.45) is 11.7 Å². The maximum Gasteiger partial charge on any atom is 0.311 e. The van der Waals surface area contributed by atoms with Crippen LogP contribution >= 0.6 is 0 Å². The van der Waals surface area contributed by atoms with Crippen molar-refractivity contribution < 1.29 is 9.53 Å². The number of nitrogens with two attached hydrogens (primary N) is 1. The lowest BCUT2D eigenvalue weighted by Gasteiger charge is -2.31. The molecule has 25 heavy (non-hydrogen) atoms. The van der Waals surface area contributed by atoms with Crippen molar-refractivity contribution in [3.05, 3.63) is 29.8 Å². The quantitative estimate of drug-likeness (QED) is 0.359.